The fourth-order valence-corrected chi connectivity index (χ4v) is 3.06. The van der Waals surface area contributed by atoms with Gasteiger partial charge in [0.25, 0.3) is 5.56 Å². The molecular weight excluding hydrogens is 326 g/mol. The summed E-state index contributed by atoms with van der Waals surface area (Å²) in [6.07, 6.45) is 3.04. The Balaban J connectivity index is 1.93. The normalized spacial score (nSPS) is 18.1. The Labute approximate surface area is 145 Å². The van der Waals surface area contributed by atoms with Crippen LogP contribution < -0.4 is 10.5 Å². The summed E-state index contributed by atoms with van der Waals surface area (Å²) < 4.78 is 11.8. The molecule has 1 aliphatic heterocycles. The lowest BCUT2D eigenvalue weighted by Gasteiger charge is -2.29. The number of aromatic nitrogens is 2. The van der Waals surface area contributed by atoms with Gasteiger partial charge in [-0.3, -0.25) is 9.59 Å². The summed E-state index contributed by atoms with van der Waals surface area (Å²) in [5.41, 5.74) is 0.754. The minimum Gasteiger partial charge on any atom is -0.426 e. The molecule has 1 fully saturated rings. The van der Waals surface area contributed by atoms with E-state index >= 15 is 0 Å². The molecule has 134 valence electrons. The van der Waals surface area contributed by atoms with Crippen molar-refractivity contribution in [3.05, 3.63) is 33.4 Å². The fourth-order valence-electron chi connectivity index (χ4n) is 3.06. The quantitative estimate of drug-likeness (QED) is 0.744. The first-order valence-corrected chi connectivity index (χ1v) is 8.33. The summed E-state index contributed by atoms with van der Waals surface area (Å²) in [5.74, 6) is -0.346. The van der Waals surface area contributed by atoms with E-state index in [1.807, 2.05) is 4.90 Å². The third kappa shape index (κ3) is 3.63. The molecule has 0 N–H and O–H groups in total. The van der Waals surface area contributed by atoms with E-state index in [2.05, 4.69) is 5.10 Å². The maximum absolute atomic E-state index is 12.5. The minimum atomic E-state index is -0.649. The number of carbonyl (C=O) groups is 2. The lowest BCUT2D eigenvalue weighted by Crippen LogP contribution is -2.42. The molecule has 2 heterocycles. The molecule has 0 bridgehead atoms. The Kier molecular flexibility index (Phi) is 4.98. The Morgan fingerprint density at radius 3 is 2.64 bits per heavy atom. The number of anilines is 1. The molecule has 1 saturated heterocycles. The van der Waals surface area contributed by atoms with Crippen LogP contribution in [-0.2, 0) is 21.3 Å². The van der Waals surface area contributed by atoms with Gasteiger partial charge < -0.3 is 14.4 Å². The van der Waals surface area contributed by atoms with Gasteiger partial charge in [0.2, 0.25) is 0 Å². The molecular formula is C17H21N3O5. The highest BCUT2D eigenvalue weighted by Gasteiger charge is 2.25. The van der Waals surface area contributed by atoms with E-state index in [0.29, 0.717) is 62.6 Å². The number of hydrogen-bond acceptors (Lipinski definition) is 7. The predicted octanol–water partition coefficient (Wildman–Crippen LogP) is 0.719. The van der Waals surface area contributed by atoms with Gasteiger partial charge in [0.05, 0.1) is 13.2 Å². The average molecular weight is 347 g/mol. The van der Waals surface area contributed by atoms with E-state index in [0.717, 1.165) is 4.68 Å². The summed E-state index contributed by atoms with van der Waals surface area (Å²) in [6.45, 7) is 3.90. The average Bonchev–Trinajstić information content (AvgIpc) is 2.59. The second kappa shape index (κ2) is 7.18. The number of carbonyl (C=O) groups excluding carboxylic acids is 2. The van der Waals surface area contributed by atoms with E-state index in [9.17, 15) is 14.4 Å². The molecule has 1 aromatic heterocycles. The van der Waals surface area contributed by atoms with Gasteiger partial charge in [0.15, 0.2) is 11.5 Å². The maximum atomic E-state index is 12.5. The number of allylic oxidation sites excluding steroid dienone is 2. The number of ether oxygens (including phenoxy) is 2. The summed E-state index contributed by atoms with van der Waals surface area (Å²) in [6, 6.07) is 0. The molecule has 0 unspecified atom stereocenters. The number of hydrogen-bond donors (Lipinski definition) is 0. The molecule has 0 spiro atoms. The maximum Gasteiger partial charge on any atom is 0.364 e. The third-order valence-corrected chi connectivity index (χ3v) is 4.37. The molecule has 0 atom stereocenters. The molecule has 0 radical (unpaired) electrons. The van der Waals surface area contributed by atoms with E-state index in [1.165, 1.54) is 13.1 Å². The second-order valence-electron chi connectivity index (χ2n) is 6.17. The molecule has 8 nitrogen and oxygen atoms in total. The van der Waals surface area contributed by atoms with Gasteiger partial charge in [-0.1, -0.05) is 0 Å². The number of morpholine rings is 1. The van der Waals surface area contributed by atoms with Crippen molar-refractivity contribution in [2.24, 2.45) is 7.05 Å². The summed E-state index contributed by atoms with van der Waals surface area (Å²) in [4.78, 5) is 38.4. The molecule has 25 heavy (non-hydrogen) atoms. The van der Waals surface area contributed by atoms with Crippen molar-refractivity contribution in [3.8, 4) is 0 Å². The standard InChI is InChI=1S/C17H21N3O5/c1-11-14(17(23)25-13-5-3-4-12(21)10-13)18-19(2)16(22)15(11)20-6-8-24-9-7-20/h10H,3-9H2,1-2H3. The molecule has 0 saturated carbocycles. The molecule has 0 aromatic carbocycles. The Morgan fingerprint density at radius 1 is 1.24 bits per heavy atom. The largest absolute Gasteiger partial charge is 0.426 e. The SMILES string of the molecule is Cc1c(C(=O)OC2=CC(=O)CCC2)nn(C)c(=O)c1N1CCOCC1. The summed E-state index contributed by atoms with van der Waals surface area (Å²) in [5, 5.41) is 4.07. The lowest BCUT2D eigenvalue weighted by atomic mass is 10.1. The van der Waals surface area contributed by atoms with Crippen molar-refractivity contribution in [3.63, 3.8) is 0 Å². The zero-order chi connectivity index (χ0) is 18.0. The topological polar surface area (TPSA) is 90.7 Å². The van der Waals surface area contributed by atoms with E-state index in [1.54, 1.807) is 6.92 Å². The van der Waals surface area contributed by atoms with Crippen molar-refractivity contribution in [2.75, 3.05) is 31.2 Å². The van der Waals surface area contributed by atoms with Gasteiger partial charge in [-0.25, -0.2) is 9.48 Å². The molecule has 1 aromatic rings. The number of rotatable bonds is 3. The zero-order valence-corrected chi connectivity index (χ0v) is 14.4. The first-order chi connectivity index (χ1) is 12.0. The van der Waals surface area contributed by atoms with Crippen molar-refractivity contribution in [1.29, 1.82) is 0 Å². The van der Waals surface area contributed by atoms with Crippen molar-refractivity contribution in [1.82, 2.24) is 9.78 Å². The molecule has 0 amide bonds. The van der Waals surface area contributed by atoms with Crippen LogP contribution in [0.5, 0.6) is 0 Å². The molecule has 3 rings (SSSR count). The Bertz CT molecular complexity index is 790. The fraction of sp³-hybridized carbons (Fsp3) is 0.529. The van der Waals surface area contributed by atoms with Crippen LogP contribution in [-0.4, -0.2) is 47.8 Å². The summed E-state index contributed by atoms with van der Waals surface area (Å²) in [7, 11) is 1.51. The van der Waals surface area contributed by atoms with Crippen LogP contribution in [0.25, 0.3) is 0 Å². The van der Waals surface area contributed by atoms with Crippen molar-refractivity contribution < 1.29 is 19.1 Å². The van der Waals surface area contributed by atoms with Crippen LogP contribution in [0.15, 0.2) is 16.6 Å². The van der Waals surface area contributed by atoms with Crippen LogP contribution >= 0.6 is 0 Å². The number of esters is 1. The first-order valence-electron chi connectivity index (χ1n) is 8.33. The zero-order valence-electron chi connectivity index (χ0n) is 14.4. The highest BCUT2D eigenvalue weighted by atomic mass is 16.5. The highest BCUT2D eigenvalue weighted by Crippen LogP contribution is 2.22. The smallest absolute Gasteiger partial charge is 0.364 e. The van der Waals surface area contributed by atoms with E-state index in [4.69, 9.17) is 9.47 Å². The van der Waals surface area contributed by atoms with Crippen LogP contribution in [0, 0.1) is 6.92 Å². The van der Waals surface area contributed by atoms with Gasteiger partial charge >= 0.3 is 5.97 Å². The summed E-state index contributed by atoms with van der Waals surface area (Å²) >= 11 is 0. The highest BCUT2D eigenvalue weighted by molar-refractivity contribution is 5.93. The Hall–Kier alpha value is -2.48. The second-order valence-corrected chi connectivity index (χ2v) is 6.17. The number of ketones is 1. The van der Waals surface area contributed by atoms with Gasteiger partial charge in [-0.2, -0.15) is 5.10 Å². The molecule has 2 aliphatic rings. The first kappa shape index (κ1) is 17.3. The number of aryl methyl sites for hydroxylation is 1. The minimum absolute atomic E-state index is 0.0480. The van der Waals surface area contributed by atoms with Gasteiger partial charge in [-0.15, -0.1) is 0 Å². The predicted molar refractivity (Wildman–Crippen MR) is 89.6 cm³/mol. The molecule has 8 heteroatoms. The van der Waals surface area contributed by atoms with Crippen LogP contribution in [0.4, 0.5) is 5.69 Å². The van der Waals surface area contributed by atoms with Gasteiger partial charge in [0.1, 0.15) is 11.4 Å². The van der Waals surface area contributed by atoms with Crippen molar-refractivity contribution >= 4 is 17.4 Å². The third-order valence-electron chi connectivity index (χ3n) is 4.37. The van der Waals surface area contributed by atoms with E-state index in [-0.39, 0.29) is 17.0 Å². The van der Waals surface area contributed by atoms with Crippen molar-refractivity contribution in [2.45, 2.75) is 26.2 Å². The van der Waals surface area contributed by atoms with Gasteiger partial charge in [0, 0.05) is 44.6 Å². The Morgan fingerprint density at radius 2 is 1.96 bits per heavy atom. The van der Waals surface area contributed by atoms with Crippen LogP contribution in [0.3, 0.4) is 0 Å². The molecule has 1 aliphatic carbocycles. The number of nitrogens with zero attached hydrogens (tertiary/aromatic N) is 3. The van der Waals surface area contributed by atoms with Crippen LogP contribution in [0.2, 0.25) is 0 Å². The van der Waals surface area contributed by atoms with Crippen LogP contribution in [0.1, 0.15) is 35.3 Å². The lowest BCUT2D eigenvalue weighted by molar-refractivity contribution is -0.115. The van der Waals surface area contributed by atoms with E-state index < -0.39 is 5.97 Å². The monoisotopic (exact) mass is 347 g/mol. The van der Waals surface area contributed by atoms with Gasteiger partial charge in [-0.05, 0) is 13.3 Å².